The van der Waals surface area contributed by atoms with E-state index in [0.717, 1.165) is 18.9 Å². The quantitative estimate of drug-likeness (QED) is 0.495. The lowest BCUT2D eigenvalue weighted by Crippen LogP contribution is -2.35. The van der Waals surface area contributed by atoms with Crippen molar-refractivity contribution in [3.05, 3.63) is 24.3 Å². The molecule has 1 aromatic carbocycles. The van der Waals surface area contributed by atoms with E-state index in [1.54, 1.807) is 0 Å². The van der Waals surface area contributed by atoms with Gasteiger partial charge in [0.15, 0.2) is 0 Å². The van der Waals surface area contributed by atoms with E-state index in [0.29, 0.717) is 0 Å². The van der Waals surface area contributed by atoms with Gasteiger partial charge in [-0.3, -0.25) is 9.35 Å². The first-order valence-corrected chi connectivity index (χ1v) is 8.33. The van der Waals surface area contributed by atoms with Gasteiger partial charge in [0.05, 0.1) is 10.3 Å². The van der Waals surface area contributed by atoms with Crippen LogP contribution in [0.25, 0.3) is 0 Å². The van der Waals surface area contributed by atoms with Gasteiger partial charge in [0.1, 0.15) is 5.75 Å². The molecule has 0 bridgehead atoms. The van der Waals surface area contributed by atoms with E-state index in [4.69, 9.17) is 9.29 Å². The van der Waals surface area contributed by atoms with Crippen molar-refractivity contribution in [2.45, 2.75) is 45.4 Å². The summed E-state index contributed by atoms with van der Waals surface area (Å²) in [5.74, 6) is -0.178. The number of benzene rings is 1. The van der Waals surface area contributed by atoms with Crippen molar-refractivity contribution < 1.29 is 22.5 Å². The van der Waals surface area contributed by atoms with Gasteiger partial charge in [-0.25, -0.2) is 0 Å². The molecule has 0 aliphatic carbocycles. The van der Waals surface area contributed by atoms with Crippen LogP contribution in [-0.4, -0.2) is 18.9 Å². The van der Waals surface area contributed by atoms with Crippen LogP contribution in [0.5, 0.6) is 5.75 Å². The third-order valence-electron chi connectivity index (χ3n) is 3.79. The fourth-order valence-electron chi connectivity index (χ4n) is 1.93. The Labute approximate surface area is 126 Å². The molecule has 0 aromatic heterocycles. The van der Waals surface area contributed by atoms with Crippen LogP contribution in [0.2, 0.25) is 0 Å². The fraction of sp³-hybridized carbons (Fsp3) is 0.533. The minimum absolute atomic E-state index is 0.104. The smallest absolute Gasteiger partial charge is 0.317 e. The van der Waals surface area contributed by atoms with Gasteiger partial charge < -0.3 is 4.74 Å². The van der Waals surface area contributed by atoms with Gasteiger partial charge in [0.25, 0.3) is 10.1 Å². The highest BCUT2D eigenvalue weighted by Gasteiger charge is 2.35. The maximum absolute atomic E-state index is 12.3. The lowest BCUT2D eigenvalue weighted by atomic mass is 9.78. The zero-order valence-electron chi connectivity index (χ0n) is 12.8. The highest BCUT2D eigenvalue weighted by molar-refractivity contribution is 7.85. The average Bonchev–Trinajstić information content (AvgIpc) is 2.38. The Hall–Kier alpha value is -1.40. The molecule has 1 aromatic rings. The molecule has 1 N–H and O–H groups in total. The zero-order chi connectivity index (χ0) is 16.3. The summed E-state index contributed by atoms with van der Waals surface area (Å²) in [6.45, 7) is 7.65. The molecule has 118 valence electrons. The molecule has 0 heterocycles. The van der Waals surface area contributed by atoms with Gasteiger partial charge in [-0.15, -0.1) is 0 Å². The highest BCUT2D eigenvalue weighted by Crippen LogP contribution is 2.32. The average molecular weight is 314 g/mol. The first-order valence-electron chi connectivity index (χ1n) is 6.89. The van der Waals surface area contributed by atoms with E-state index in [1.165, 1.54) is 18.2 Å². The van der Waals surface area contributed by atoms with Gasteiger partial charge in [0.2, 0.25) is 0 Å². The van der Waals surface area contributed by atoms with Crippen molar-refractivity contribution in [2.24, 2.45) is 11.3 Å². The number of hydrogen-bond acceptors (Lipinski definition) is 4. The summed E-state index contributed by atoms with van der Waals surface area (Å²) >= 11 is 0. The third kappa shape index (κ3) is 4.54. The molecule has 0 radical (unpaired) electrons. The molecule has 1 rings (SSSR count). The van der Waals surface area contributed by atoms with E-state index >= 15 is 0 Å². The summed E-state index contributed by atoms with van der Waals surface area (Å²) in [5.41, 5.74) is -0.676. The molecule has 0 amide bonds. The first-order chi connectivity index (χ1) is 9.59. The molecule has 1 unspecified atom stereocenters. The maximum Gasteiger partial charge on any atom is 0.317 e. The van der Waals surface area contributed by atoms with Gasteiger partial charge in [-0.05, 0) is 38.3 Å². The number of hydrogen-bond donors (Lipinski definition) is 1. The summed E-state index contributed by atoms with van der Waals surface area (Å²) in [4.78, 5) is 12.0. The normalized spacial score (nSPS) is 13.8. The largest absolute Gasteiger partial charge is 0.426 e. The molecule has 0 saturated carbocycles. The van der Waals surface area contributed by atoms with Crippen LogP contribution in [-0.2, 0) is 14.9 Å². The Morgan fingerprint density at radius 3 is 2.52 bits per heavy atom. The van der Waals surface area contributed by atoms with Gasteiger partial charge in [0, 0.05) is 6.07 Å². The molecular formula is C15H22O5S. The SMILES string of the molecule is CCCC(C)C(C)(C)C(=O)Oc1cccc(S(=O)(=O)O)c1. The molecule has 0 spiro atoms. The Bertz CT molecular complexity index is 604. The molecule has 0 saturated heterocycles. The number of rotatable bonds is 6. The predicted octanol–water partition coefficient (Wildman–Crippen LogP) is 3.30. The summed E-state index contributed by atoms with van der Waals surface area (Å²) < 4.78 is 36.4. The van der Waals surface area contributed by atoms with E-state index in [-0.39, 0.29) is 16.6 Å². The van der Waals surface area contributed by atoms with Crippen LogP contribution in [0.1, 0.15) is 40.5 Å². The second-order valence-electron chi connectivity index (χ2n) is 5.75. The van der Waals surface area contributed by atoms with Crippen molar-refractivity contribution in [1.82, 2.24) is 0 Å². The standard InChI is InChI=1S/C15H22O5S/c1-5-7-11(2)15(3,4)14(16)20-12-8-6-9-13(10-12)21(17,18)19/h6,8-11H,5,7H2,1-4H3,(H,17,18,19). The molecule has 0 fully saturated rings. The molecule has 0 aliphatic heterocycles. The zero-order valence-corrected chi connectivity index (χ0v) is 13.6. The minimum Gasteiger partial charge on any atom is -0.426 e. The van der Waals surface area contributed by atoms with Crippen LogP contribution in [0, 0.1) is 11.3 Å². The lowest BCUT2D eigenvalue weighted by Gasteiger charge is -2.29. The summed E-state index contributed by atoms with van der Waals surface area (Å²) in [6.07, 6.45) is 1.86. The Kier molecular flexibility index (Phi) is 5.53. The van der Waals surface area contributed by atoms with Crippen LogP contribution in [0.4, 0.5) is 0 Å². The number of esters is 1. The summed E-state index contributed by atoms with van der Waals surface area (Å²) in [6, 6.07) is 5.26. The van der Waals surface area contributed by atoms with E-state index in [2.05, 4.69) is 0 Å². The maximum atomic E-state index is 12.3. The summed E-state index contributed by atoms with van der Waals surface area (Å²) in [7, 11) is -4.31. The van der Waals surface area contributed by atoms with Crippen molar-refractivity contribution in [2.75, 3.05) is 0 Å². The van der Waals surface area contributed by atoms with Crippen molar-refractivity contribution >= 4 is 16.1 Å². The summed E-state index contributed by atoms with van der Waals surface area (Å²) in [5, 5.41) is 0. The Balaban J connectivity index is 2.93. The topological polar surface area (TPSA) is 80.7 Å². The highest BCUT2D eigenvalue weighted by atomic mass is 32.2. The van der Waals surface area contributed by atoms with Crippen molar-refractivity contribution in [1.29, 1.82) is 0 Å². The Morgan fingerprint density at radius 1 is 1.38 bits per heavy atom. The first kappa shape index (κ1) is 17.7. The fourth-order valence-corrected chi connectivity index (χ4v) is 2.45. The minimum atomic E-state index is -4.31. The van der Waals surface area contributed by atoms with Gasteiger partial charge in [-0.1, -0.05) is 26.3 Å². The molecule has 6 heteroatoms. The number of carbonyl (C=O) groups excluding carboxylic acids is 1. The van der Waals surface area contributed by atoms with E-state index in [1.807, 2.05) is 27.7 Å². The molecular weight excluding hydrogens is 292 g/mol. The monoisotopic (exact) mass is 314 g/mol. The third-order valence-corrected chi connectivity index (χ3v) is 4.64. The van der Waals surface area contributed by atoms with Gasteiger partial charge >= 0.3 is 5.97 Å². The van der Waals surface area contributed by atoms with E-state index < -0.39 is 21.5 Å². The molecule has 21 heavy (non-hydrogen) atoms. The van der Waals surface area contributed by atoms with Crippen molar-refractivity contribution in [3.8, 4) is 5.75 Å². The van der Waals surface area contributed by atoms with Crippen LogP contribution < -0.4 is 4.74 Å². The van der Waals surface area contributed by atoms with Gasteiger partial charge in [-0.2, -0.15) is 8.42 Å². The molecule has 1 atom stereocenters. The van der Waals surface area contributed by atoms with Crippen LogP contribution in [0.3, 0.4) is 0 Å². The second-order valence-corrected chi connectivity index (χ2v) is 7.17. The molecule has 0 aliphatic rings. The number of ether oxygens (including phenoxy) is 1. The van der Waals surface area contributed by atoms with Crippen LogP contribution >= 0.6 is 0 Å². The Morgan fingerprint density at radius 2 is 2.00 bits per heavy atom. The molecule has 5 nitrogen and oxygen atoms in total. The van der Waals surface area contributed by atoms with Crippen molar-refractivity contribution in [3.63, 3.8) is 0 Å². The predicted molar refractivity (Wildman–Crippen MR) is 79.7 cm³/mol. The van der Waals surface area contributed by atoms with Crippen LogP contribution in [0.15, 0.2) is 29.2 Å². The second kappa shape index (κ2) is 6.58. The lowest BCUT2D eigenvalue weighted by molar-refractivity contribution is -0.146. The van der Waals surface area contributed by atoms with E-state index in [9.17, 15) is 13.2 Å². The number of carbonyl (C=O) groups is 1.